The Morgan fingerprint density at radius 1 is 1.57 bits per heavy atom. The summed E-state index contributed by atoms with van der Waals surface area (Å²) in [5, 5.41) is 7.93. The van der Waals surface area contributed by atoms with Crippen LogP contribution in [0.25, 0.3) is 0 Å². The zero-order valence-electron chi connectivity index (χ0n) is 12.2. The number of aromatic nitrogens is 1. The van der Waals surface area contributed by atoms with E-state index in [1.807, 2.05) is 6.92 Å². The van der Waals surface area contributed by atoms with E-state index in [1.165, 1.54) is 12.3 Å². The summed E-state index contributed by atoms with van der Waals surface area (Å²) in [5.74, 6) is -0.110. The van der Waals surface area contributed by atoms with Gasteiger partial charge in [-0.3, -0.25) is 4.79 Å². The Labute approximate surface area is 124 Å². The van der Waals surface area contributed by atoms with Gasteiger partial charge >= 0.3 is 0 Å². The van der Waals surface area contributed by atoms with E-state index in [0.717, 1.165) is 12.8 Å². The normalized spacial score (nSPS) is 16.7. The first-order chi connectivity index (χ1) is 9.82. The van der Waals surface area contributed by atoms with Crippen molar-refractivity contribution in [1.29, 1.82) is 0 Å². The molecule has 118 valence electrons. The molecule has 8 heteroatoms. The van der Waals surface area contributed by atoms with Gasteiger partial charge in [0.15, 0.2) is 0 Å². The van der Waals surface area contributed by atoms with Crippen LogP contribution in [0.1, 0.15) is 36.3 Å². The van der Waals surface area contributed by atoms with Crippen LogP contribution >= 0.6 is 0 Å². The summed E-state index contributed by atoms with van der Waals surface area (Å²) in [5.41, 5.74) is 0.339. The topological polar surface area (TPSA) is 103 Å². The average molecular weight is 315 g/mol. The number of hydrogen-bond donors (Lipinski definition) is 2. The Morgan fingerprint density at radius 3 is 2.76 bits per heavy atom. The Balaban J connectivity index is 2.14. The van der Waals surface area contributed by atoms with Crippen molar-refractivity contribution in [2.75, 3.05) is 20.3 Å². The van der Waals surface area contributed by atoms with Crippen LogP contribution < -0.4 is 10.5 Å². The van der Waals surface area contributed by atoms with Crippen LogP contribution in [0.3, 0.4) is 0 Å². The number of nitrogens with zero attached hydrogens (tertiary/aromatic N) is 1. The van der Waals surface area contributed by atoms with Crippen molar-refractivity contribution in [3.8, 4) is 0 Å². The van der Waals surface area contributed by atoms with Gasteiger partial charge in [-0.15, -0.1) is 0 Å². The Kier molecular flexibility index (Phi) is 4.70. The van der Waals surface area contributed by atoms with Gasteiger partial charge in [-0.25, -0.2) is 13.6 Å². The molecule has 1 aromatic rings. The number of carbonyl (C=O) groups excluding carboxylic acids is 1. The largest absolute Gasteiger partial charge is 0.384 e. The Hall–Kier alpha value is -1.38. The predicted octanol–water partition coefficient (Wildman–Crippen LogP) is 0.483. The standard InChI is InChI=1S/C13H21N3O4S/c1-9(8-20-2)6-15-13(17)12-5-11(21(14,18)19)7-16(12)10-3-4-10/h5,7,9-10H,3-4,6,8H2,1-2H3,(H,15,17)(H2,14,18,19). The first-order valence-corrected chi connectivity index (χ1v) is 8.39. The van der Waals surface area contributed by atoms with Gasteiger partial charge in [-0.2, -0.15) is 0 Å². The fourth-order valence-electron chi connectivity index (χ4n) is 2.15. The number of rotatable bonds is 7. The molecule has 21 heavy (non-hydrogen) atoms. The second-order valence-corrected chi connectivity index (χ2v) is 7.08. The monoisotopic (exact) mass is 315 g/mol. The maximum absolute atomic E-state index is 12.2. The predicted molar refractivity (Wildman–Crippen MR) is 77.4 cm³/mol. The summed E-state index contributed by atoms with van der Waals surface area (Å²) in [6, 6.07) is 1.53. The van der Waals surface area contributed by atoms with Crippen molar-refractivity contribution < 1.29 is 17.9 Å². The summed E-state index contributed by atoms with van der Waals surface area (Å²) < 4.78 is 29.6. The van der Waals surface area contributed by atoms with Gasteiger partial charge in [0.2, 0.25) is 10.0 Å². The number of sulfonamides is 1. The fourth-order valence-corrected chi connectivity index (χ4v) is 2.68. The maximum Gasteiger partial charge on any atom is 0.267 e. The van der Waals surface area contributed by atoms with E-state index in [9.17, 15) is 13.2 Å². The number of hydrogen-bond acceptors (Lipinski definition) is 4. The maximum atomic E-state index is 12.2. The molecule has 1 aliphatic carbocycles. The SMILES string of the molecule is COCC(C)CNC(=O)c1cc(S(N)(=O)=O)cn1C1CC1. The van der Waals surface area contributed by atoms with E-state index in [1.54, 1.807) is 11.7 Å². The summed E-state index contributed by atoms with van der Waals surface area (Å²) in [7, 11) is -2.20. The van der Waals surface area contributed by atoms with Gasteiger partial charge in [-0.1, -0.05) is 6.92 Å². The van der Waals surface area contributed by atoms with Gasteiger partial charge in [0.1, 0.15) is 10.6 Å². The number of carbonyl (C=O) groups is 1. The molecule has 1 heterocycles. The molecule has 0 saturated heterocycles. The van der Waals surface area contributed by atoms with Gasteiger partial charge in [0.05, 0.1) is 6.61 Å². The van der Waals surface area contributed by atoms with E-state index in [-0.39, 0.29) is 22.8 Å². The molecule has 2 rings (SSSR count). The molecule has 0 radical (unpaired) electrons. The third kappa shape index (κ3) is 4.05. The third-order valence-electron chi connectivity index (χ3n) is 3.39. The quantitative estimate of drug-likeness (QED) is 0.764. The molecule has 1 aromatic heterocycles. The Morgan fingerprint density at radius 2 is 2.24 bits per heavy atom. The molecule has 1 atom stereocenters. The molecule has 1 fully saturated rings. The molecule has 7 nitrogen and oxygen atoms in total. The highest BCUT2D eigenvalue weighted by Gasteiger charge is 2.29. The van der Waals surface area contributed by atoms with Crippen LogP contribution in [0.4, 0.5) is 0 Å². The van der Waals surface area contributed by atoms with Crippen molar-refractivity contribution in [2.45, 2.75) is 30.7 Å². The molecule has 1 unspecified atom stereocenters. The number of methoxy groups -OCH3 is 1. The second kappa shape index (κ2) is 6.17. The molecule has 3 N–H and O–H groups in total. The highest BCUT2D eigenvalue weighted by atomic mass is 32.2. The van der Waals surface area contributed by atoms with E-state index >= 15 is 0 Å². The van der Waals surface area contributed by atoms with E-state index in [2.05, 4.69) is 5.32 Å². The zero-order chi connectivity index (χ0) is 15.6. The van der Waals surface area contributed by atoms with Crippen LogP contribution in [-0.4, -0.2) is 39.2 Å². The van der Waals surface area contributed by atoms with Crippen LogP contribution in [0.2, 0.25) is 0 Å². The van der Waals surface area contributed by atoms with Gasteiger partial charge in [-0.05, 0) is 24.8 Å². The van der Waals surface area contributed by atoms with E-state index in [4.69, 9.17) is 9.88 Å². The minimum atomic E-state index is -3.80. The molecule has 1 saturated carbocycles. The van der Waals surface area contributed by atoms with Gasteiger partial charge < -0.3 is 14.6 Å². The minimum absolute atomic E-state index is 0.0236. The summed E-state index contributed by atoms with van der Waals surface area (Å²) in [6.07, 6.45) is 3.33. The van der Waals surface area contributed by atoms with Crippen molar-refractivity contribution in [2.24, 2.45) is 11.1 Å². The number of primary sulfonamides is 1. The first kappa shape index (κ1) is 16.0. The summed E-state index contributed by atoms with van der Waals surface area (Å²) >= 11 is 0. The fraction of sp³-hybridized carbons (Fsp3) is 0.615. The highest BCUT2D eigenvalue weighted by molar-refractivity contribution is 7.89. The van der Waals surface area contributed by atoms with Crippen molar-refractivity contribution in [3.05, 3.63) is 18.0 Å². The number of ether oxygens (including phenoxy) is 1. The molecule has 1 aliphatic rings. The molecule has 0 bridgehead atoms. The zero-order valence-corrected chi connectivity index (χ0v) is 13.0. The smallest absolute Gasteiger partial charge is 0.267 e. The van der Waals surface area contributed by atoms with Gasteiger partial charge in [0, 0.05) is 25.9 Å². The van der Waals surface area contributed by atoms with Crippen molar-refractivity contribution in [3.63, 3.8) is 0 Å². The molecule has 0 aromatic carbocycles. The molecule has 1 amide bonds. The lowest BCUT2D eigenvalue weighted by atomic mass is 10.2. The molecule has 0 aliphatic heterocycles. The molecular weight excluding hydrogens is 294 g/mol. The van der Waals surface area contributed by atoms with Crippen LogP contribution in [0.5, 0.6) is 0 Å². The Bertz CT molecular complexity index is 619. The van der Waals surface area contributed by atoms with E-state index < -0.39 is 10.0 Å². The lowest BCUT2D eigenvalue weighted by molar-refractivity contribution is 0.0924. The number of nitrogens with one attached hydrogen (secondary N) is 1. The van der Waals surface area contributed by atoms with Crippen LogP contribution in [0.15, 0.2) is 17.2 Å². The summed E-state index contributed by atoms with van der Waals surface area (Å²) in [4.78, 5) is 12.2. The molecular formula is C13H21N3O4S. The van der Waals surface area contributed by atoms with Gasteiger partial charge in [0.25, 0.3) is 5.91 Å². The molecule has 0 spiro atoms. The van der Waals surface area contributed by atoms with E-state index in [0.29, 0.717) is 18.8 Å². The lowest BCUT2D eigenvalue weighted by Gasteiger charge is -2.12. The first-order valence-electron chi connectivity index (χ1n) is 6.84. The van der Waals surface area contributed by atoms with Crippen LogP contribution in [-0.2, 0) is 14.8 Å². The number of amides is 1. The van der Waals surface area contributed by atoms with Crippen LogP contribution in [0, 0.1) is 5.92 Å². The van der Waals surface area contributed by atoms with Crippen molar-refractivity contribution in [1.82, 2.24) is 9.88 Å². The second-order valence-electron chi connectivity index (χ2n) is 5.52. The van der Waals surface area contributed by atoms with Crippen molar-refractivity contribution >= 4 is 15.9 Å². The summed E-state index contributed by atoms with van der Waals surface area (Å²) in [6.45, 7) is 2.97. The third-order valence-corrected chi connectivity index (χ3v) is 4.27. The lowest BCUT2D eigenvalue weighted by Crippen LogP contribution is -2.31. The minimum Gasteiger partial charge on any atom is -0.384 e. The number of nitrogens with two attached hydrogens (primary N) is 1. The highest BCUT2D eigenvalue weighted by Crippen LogP contribution is 2.37. The average Bonchev–Trinajstić information content (AvgIpc) is 3.13.